The van der Waals surface area contributed by atoms with Crippen molar-refractivity contribution in [1.29, 1.82) is 0 Å². The normalized spacial score (nSPS) is 21.5. The highest BCUT2D eigenvalue weighted by atomic mass is 16.5. The minimum Gasteiger partial charge on any atom is -0.466 e. The molecule has 0 aliphatic heterocycles. The first-order valence-corrected chi connectivity index (χ1v) is 14.3. The molecule has 40 heavy (non-hydrogen) atoms. The van der Waals surface area contributed by atoms with Gasteiger partial charge in [0.25, 0.3) is 0 Å². The number of fused-ring (bicyclic) bond motifs is 3. The largest absolute Gasteiger partial charge is 0.466 e. The van der Waals surface area contributed by atoms with Gasteiger partial charge in [-0.2, -0.15) is 0 Å². The summed E-state index contributed by atoms with van der Waals surface area (Å²) in [4.78, 5) is 52.4. The molecular formula is C31H39NO8. The second-order valence-corrected chi connectivity index (χ2v) is 10.2. The summed E-state index contributed by atoms with van der Waals surface area (Å²) in [6.07, 6.45) is 1.18. The average Bonchev–Trinajstić information content (AvgIpc) is 3.24. The first kappa shape index (κ1) is 29.4. The third-order valence-electron chi connectivity index (χ3n) is 7.90. The van der Waals surface area contributed by atoms with Gasteiger partial charge in [0, 0.05) is 30.8 Å². The van der Waals surface area contributed by atoms with Crippen molar-refractivity contribution in [3.05, 3.63) is 58.4 Å². The van der Waals surface area contributed by atoms with Gasteiger partial charge in [-0.1, -0.05) is 30.3 Å². The topological polar surface area (TPSA) is 110 Å². The number of nitrogens with zero attached hydrogens (tertiary/aromatic N) is 1. The molecular weight excluding hydrogens is 514 g/mol. The Hall–Kier alpha value is -3.62. The van der Waals surface area contributed by atoms with Crippen LogP contribution in [-0.4, -0.2) is 54.9 Å². The lowest BCUT2D eigenvalue weighted by atomic mass is 9.73. The molecule has 0 radical (unpaired) electrons. The molecule has 216 valence electrons. The molecule has 1 aromatic carbocycles. The second kappa shape index (κ2) is 13.2. The number of rotatable bonds is 10. The number of ether oxygens (including phenoxy) is 4. The van der Waals surface area contributed by atoms with Crippen LogP contribution in [0.4, 0.5) is 0 Å². The molecule has 9 nitrogen and oxygen atoms in total. The van der Waals surface area contributed by atoms with Crippen LogP contribution in [0.3, 0.4) is 0 Å². The van der Waals surface area contributed by atoms with E-state index in [4.69, 9.17) is 18.9 Å². The molecule has 0 fully saturated rings. The standard InChI is InChI=1S/C31H39NO8/c1-5-37-28(33)22-14-20-21-15-23(29(34)38-6-2)25(31(36)40-8-4)17-27(21)32(18-19-12-10-9-11-13-19)26(20)16-24(22)30(35)39-7-3/h9-13,22-25H,5-8,14-18H2,1-4H3. The lowest BCUT2D eigenvalue weighted by molar-refractivity contribution is -0.161. The summed E-state index contributed by atoms with van der Waals surface area (Å²) in [5, 5.41) is 0. The van der Waals surface area contributed by atoms with Crippen LogP contribution in [0.1, 0.15) is 55.8 Å². The van der Waals surface area contributed by atoms with E-state index in [1.807, 2.05) is 30.3 Å². The van der Waals surface area contributed by atoms with Crippen molar-refractivity contribution in [1.82, 2.24) is 4.57 Å². The fourth-order valence-electron chi connectivity index (χ4n) is 6.16. The number of hydrogen-bond donors (Lipinski definition) is 0. The van der Waals surface area contributed by atoms with Crippen molar-refractivity contribution in [2.45, 2.75) is 59.9 Å². The van der Waals surface area contributed by atoms with Gasteiger partial charge in [0.1, 0.15) is 0 Å². The van der Waals surface area contributed by atoms with E-state index in [-0.39, 0.29) is 26.4 Å². The molecule has 2 aliphatic rings. The maximum Gasteiger partial charge on any atom is 0.310 e. The monoisotopic (exact) mass is 553 g/mol. The van der Waals surface area contributed by atoms with Gasteiger partial charge >= 0.3 is 23.9 Å². The number of esters is 4. The molecule has 2 aromatic rings. The predicted octanol–water partition coefficient (Wildman–Crippen LogP) is 3.45. The molecule has 0 spiro atoms. The van der Waals surface area contributed by atoms with Crippen molar-refractivity contribution in [2.24, 2.45) is 23.7 Å². The minimum absolute atomic E-state index is 0.205. The van der Waals surface area contributed by atoms with E-state index in [0.717, 1.165) is 28.1 Å². The summed E-state index contributed by atoms with van der Waals surface area (Å²) in [5.74, 6) is -4.51. The molecule has 0 N–H and O–H groups in total. The van der Waals surface area contributed by atoms with Crippen LogP contribution in [-0.2, 0) is 70.4 Å². The Labute approximate surface area is 235 Å². The summed E-state index contributed by atoms with van der Waals surface area (Å²) >= 11 is 0. The molecule has 4 unspecified atom stereocenters. The molecule has 4 rings (SSSR count). The van der Waals surface area contributed by atoms with Gasteiger partial charge in [-0.3, -0.25) is 19.2 Å². The van der Waals surface area contributed by atoms with E-state index in [1.165, 1.54) is 0 Å². The van der Waals surface area contributed by atoms with Crippen LogP contribution in [0.5, 0.6) is 0 Å². The van der Waals surface area contributed by atoms with E-state index < -0.39 is 47.5 Å². The van der Waals surface area contributed by atoms with Gasteiger partial charge in [0.05, 0.1) is 50.1 Å². The SMILES string of the molecule is CCOC(=O)C1Cc2c3c(n(Cc4ccccc4)c2CC1C(=O)OCC)CC(C(=O)OCC)C(C(=O)OCC)C3. The maximum absolute atomic E-state index is 13.1. The molecule has 9 heteroatoms. The van der Waals surface area contributed by atoms with E-state index in [9.17, 15) is 19.2 Å². The van der Waals surface area contributed by atoms with Crippen molar-refractivity contribution < 1.29 is 38.1 Å². The predicted molar refractivity (Wildman–Crippen MR) is 145 cm³/mol. The maximum atomic E-state index is 13.1. The van der Waals surface area contributed by atoms with E-state index in [1.54, 1.807) is 27.7 Å². The van der Waals surface area contributed by atoms with Crippen LogP contribution in [0.2, 0.25) is 0 Å². The van der Waals surface area contributed by atoms with Crippen molar-refractivity contribution >= 4 is 23.9 Å². The third kappa shape index (κ3) is 5.93. The third-order valence-corrected chi connectivity index (χ3v) is 7.90. The quantitative estimate of drug-likeness (QED) is 0.325. The zero-order valence-electron chi connectivity index (χ0n) is 23.8. The van der Waals surface area contributed by atoms with E-state index in [2.05, 4.69) is 4.57 Å². The Morgan fingerprint density at radius 3 is 1.30 bits per heavy atom. The highest BCUT2D eigenvalue weighted by molar-refractivity contribution is 5.85. The summed E-state index contributed by atoms with van der Waals surface area (Å²) in [6.45, 7) is 8.32. The highest BCUT2D eigenvalue weighted by Crippen LogP contribution is 2.43. The first-order valence-electron chi connectivity index (χ1n) is 14.3. The van der Waals surface area contributed by atoms with Crippen molar-refractivity contribution in [3.8, 4) is 0 Å². The molecule has 1 aromatic heterocycles. The number of aromatic nitrogens is 1. The average molecular weight is 554 g/mol. The lowest BCUT2D eigenvalue weighted by Gasteiger charge is -2.31. The van der Waals surface area contributed by atoms with E-state index >= 15 is 0 Å². The van der Waals surface area contributed by atoms with Crippen LogP contribution >= 0.6 is 0 Å². The Morgan fingerprint density at radius 1 is 0.600 bits per heavy atom. The summed E-state index contributed by atoms with van der Waals surface area (Å²) < 4.78 is 23.7. The molecule has 0 bridgehead atoms. The minimum atomic E-state index is -0.702. The van der Waals surface area contributed by atoms with Crippen LogP contribution < -0.4 is 0 Å². The molecule has 0 saturated carbocycles. The van der Waals surface area contributed by atoms with E-state index in [0.29, 0.717) is 32.2 Å². The Kier molecular flexibility index (Phi) is 9.66. The summed E-state index contributed by atoms with van der Waals surface area (Å²) in [7, 11) is 0. The first-order chi connectivity index (χ1) is 19.3. The second-order valence-electron chi connectivity index (χ2n) is 10.2. The Morgan fingerprint density at radius 2 is 0.950 bits per heavy atom. The molecule has 1 heterocycles. The molecule has 0 saturated heterocycles. The van der Waals surface area contributed by atoms with Gasteiger partial charge in [-0.25, -0.2) is 0 Å². The molecule has 2 aliphatic carbocycles. The van der Waals surface area contributed by atoms with Gasteiger partial charge in [-0.15, -0.1) is 0 Å². The fourth-order valence-corrected chi connectivity index (χ4v) is 6.16. The van der Waals surface area contributed by atoms with Crippen LogP contribution in [0, 0.1) is 23.7 Å². The fraction of sp³-hybridized carbons (Fsp3) is 0.548. The van der Waals surface area contributed by atoms with Gasteiger partial charge in [0.15, 0.2) is 0 Å². The zero-order valence-corrected chi connectivity index (χ0v) is 23.8. The van der Waals surface area contributed by atoms with Gasteiger partial charge < -0.3 is 23.5 Å². The molecule has 4 atom stereocenters. The Balaban J connectivity index is 1.86. The van der Waals surface area contributed by atoms with Crippen molar-refractivity contribution in [2.75, 3.05) is 26.4 Å². The zero-order chi connectivity index (χ0) is 28.8. The summed E-state index contributed by atoms with van der Waals surface area (Å²) in [5.41, 5.74) is 4.81. The van der Waals surface area contributed by atoms with Crippen LogP contribution in [0.15, 0.2) is 30.3 Å². The molecule has 0 amide bonds. The lowest BCUT2D eigenvalue weighted by Crippen LogP contribution is -2.40. The van der Waals surface area contributed by atoms with Gasteiger partial charge in [0.2, 0.25) is 0 Å². The number of hydrogen-bond acceptors (Lipinski definition) is 8. The smallest absolute Gasteiger partial charge is 0.310 e. The summed E-state index contributed by atoms with van der Waals surface area (Å²) in [6, 6.07) is 9.94. The van der Waals surface area contributed by atoms with Gasteiger partial charge in [-0.05, 0) is 57.2 Å². The number of carbonyl (C=O) groups is 4. The number of carbonyl (C=O) groups excluding carboxylic acids is 4. The highest BCUT2D eigenvalue weighted by Gasteiger charge is 2.47. The Bertz CT molecular complexity index is 1160. The van der Waals surface area contributed by atoms with Crippen molar-refractivity contribution in [3.63, 3.8) is 0 Å². The number of benzene rings is 1. The van der Waals surface area contributed by atoms with Crippen LogP contribution in [0.25, 0.3) is 0 Å².